The van der Waals surface area contributed by atoms with Gasteiger partial charge >= 0.3 is 5.97 Å². The van der Waals surface area contributed by atoms with Crippen molar-refractivity contribution in [3.63, 3.8) is 0 Å². The van der Waals surface area contributed by atoms with Gasteiger partial charge < -0.3 is 9.84 Å². The SMILES string of the molecule is Cc1ccc(-c2cc(-c3ccc(F)cc3)n(CC(C)C)n2)c(OCC(=O)O)c1. The molecule has 6 heteroatoms. The number of aryl methyl sites for hydroxylation is 1. The Kier molecular flexibility index (Phi) is 5.78. The van der Waals surface area contributed by atoms with Crippen LogP contribution >= 0.6 is 0 Å². The van der Waals surface area contributed by atoms with Crippen molar-refractivity contribution in [2.75, 3.05) is 6.61 Å². The number of nitrogens with zero attached hydrogens (tertiary/aromatic N) is 2. The third-order valence-electron chi connectivity index (χ3n) is 4.22. The molecule has 0 aliphatic carbocycles. The van der Waals surface area contributed by atoms with Crippen LogP contribution in [0.2, 0.25) is 0 Å². The fourth-order valence-electron chi connectivity index (χ4n) is 2.99. The van der Waals surface area contributed by atoms with Crippen molar-refractivity contribution in [2.24, 2.45) is 5.92 Å². The van der Waals surface area contributed by atoms with E-state index in [1.165, 1.54) is 12.1 Å². The van der Waals surface area contributed by atoms with E-state index >= 15 is 0 Å². The molecule has 2 aromatic carbocycles. The lowest BCUT2D eigenvalue weighted by atomic mass is 10.1. The Bertz CT molecular complexity index is 978. The van der Waals surface area contributed by atoms with Crippen molar-refractivity contribution in [3.8, 4) is 28.3 Å². The second-order valence-corrected chi connectivity index (χ2v) is 7.18. The van der Waals surface area contributed by atoms with Crippen molar-refractivity contribution in [1.82, 2.24) is 9.78 Å². The zero-order valence-electron chi connectivity index (χ0n) is 16.1. The van der Waals surface area contributed by atoms with E-state index in [9.17, 15) is 9.18 Å². The van der Waals surface area contributed by atoms with Crippen LogP contribution in [-0.4, -0.2) is 27.5 Å². The van der Waals surface area contributed by atoms with Crippen LogP contribution in [0.3, 0.4) is 0 Å². The number of hydrogen-bond donors (Lipinski definition) is 1. The summed E-state index contributed by atoms with van der Waals surface area (Å²) in [5.74, 6) is -0.485. The van der Waals surface area contributed by atoms with Crippen LogP contribution in [0, 0.1) is 18.7 Å². The minimum absolute atomic E-state index is 0.290. The van der Waals surface area contributed by atoms with Gasteiger partial charge in [-0.1, -0.05) is 19.9 Å². The van der Waals surface area contributed by atoms with Gasteiger partial charge in [-0.25, -0.2) is 9.18 Å². The first-order valence-electron chi connectivity index (χ1n) is 9.13. The number of benzene rings is 2. The summed E-state index contributed by atoms with van der Waals surface area (Å²) >= 11 is 0. The monoisotopic (exact) mass is 382 g/mol. The smallest absolute Gasteiger partial charge is 0.341 e. The first-order valence-corrected chi connectivity index (χ1v) is 9.13. The molecule has 3 rings (SSSR count). The molecule has 5 nitrogen and oxygen atoms in total. The highest BCUT2D eigenvalue weighted by Gasteiger charge is 2.16. The van der Waals surface area contributed by atoms with Gasteiger partial charge in [0.2, 0.25) is 0 Å². The van der Waals surface area contributed by atoms with Crippen molar-refractivity contribution < 1.29 is 19.0 Å². The van der Waals surface area contributed by atoms with Crippen LogP contribution in [0.5, 0.6) is 5.75 Å². The van der Waals surface area contributed by atoms with Gasteiger partial charge in [0.05, 0.1) is 11.4 Å². The minimum atomic E-state index is -1.04. The number of aromatic nitrogens is 2. The molecular weight excluding hydrogens is 359 g/mol. The molecule has 0 saturated carbocycles. The number of carbonyl (C=O) groups is 1. The lowest BCUT2D eigenvalue weighted by molar-refractivity contribution is -0.139. The third-order valence-corrected chi connectivity index (χ3v) is 4.22. The van der Waals surface area contributed by atoms with E-state index in [-0.39, 0.29) is 5.82 Å². The largest absolute Gasteiger partial charge is 0.481 e. The number of ether oxygens (including phenoxy) is 1. The van der Waals surface area contributed by atoms with E-state index < -0.39 is 12.6 Å². The van der Waals surface area contributed by atoms with E-state index in [0.29, 0.717) is 23.9 Å². The van der Waals surface area contributed by atoms with Crippen LogP contribution in [-0.2, 0) is 11.3 Å². The maximum Gasteiger partial charge on any atom is 0.341 e. The molecule has 0 spiro atoms. The number of carboxylic acids is 1. The number of carboxylic acid groups (broad SMARTS) is 1. The second kappa shape index (κ2) is 8.25. The summed E-state index contributed by atoms with van der Waals surface area (Å²) in [5, 5.41) is 13.7. The summed E-state index contributed by atoms with van der Waals surface area (Å²) in [4.78, 5) is 10.9. The predicted octanol–water partition coefficient (Wildman–Crippen LogP) is 4.78. The van der Waals surface area contributed by atoms with Gasteiger partial charge in [-0.3, -0.25) is 4.68 Å². The van der Waals surface area contributed by atoms with Crippen molar-refractivity contribution in [1.29, 1.82) is 0 Å². The van der Waals surface area contributed by atoms with E-state index in [1.807, 2.05) is 29.8 Å². The highest BCUT2D eigenvalue weighted by Crippen LogP contribution is 2.33. The van der Waals surface area contributed by atoms with Crippen LogP contribution in [0.4, 0.5) is 4.39 Å². The van der Waals surface area contributed by atoms with Crippen LogP contribution in [0.1, 0.15) is 19.4 Å². The molecule has 28 heavy (non-hydrogen) atoms. The summed E-state index contributed by atoms with van der Waals surface area (Å²) < 4.78 is 20.7. The zero-order chi connectivity index (χ0) is 20.3. The molecule has 146 valence electrons. The number of rotatable bonds is 7. The van der Waals surface area contributed by atoms with Gasteiger partial charge in [0.25, 0.3) is 0 Å². The number of halogens is 1. The van der Waals surface area contributed by atoms with Gasteiger partial charge in [0.15, 0.2) is 6.61 Å². The topological polar surface area (TPSA) is 64.4 Å². The molecule has 1 N–H and O–H groups in total. The van der Waals surface area contributed by atoms with Crippen LogP contribution < -0.4 is 4.74 Å². The van der Waals surface area contributed by atoms with Gasteiger partial charge in [-0.2, -0.15) is 5.10 Å². The molecule has 1 heterocycles. The van der Waals surface area contributed by atoms with E-state index in [2.05, 4.69) is 13.8 Å². The molecule has 0 bridgehead atoms. The quantitative estimate of drug-likeness (QED) is 0.638. The highest BCUT2D eigenvalue weighted by molar-refractivity contribution is 5.74. The Labute approximate surface area is 163 Å². The summed E-state index contributed by atoms with van der Waals surface area (Å²) in [6.45, 7) is 6.39. The van der Waals surface area contributed by atoms with Gasteiger partial charge in [-0.15, -0.1) is 0 Å². The molecular formula is C22H23FN2O3. The molecule has 1 aromatic heterocycles. The molecule has 0 atom stereocenters. The molecule has 0 amide bonds. The van der Waals surface area contributed by atoms with E-state index in [0.717, 1.165) is 22.4 Å². The number of aliphatic carboxylic acids is 1. The van der Waals surface area contributed by atoms with Crippen molar-refractivity contribution in [3.05, 3.63) is 59.9 Å². The fraction of sp³-hybridized carbons (Fsp3) is 0.273. The Morgan fingerprint density at radius 1 is 1.18 bits per heavy atom. The Hall–Kier alpha value is -3.15. The first kappa shape index (κ1) is 19.6. The van der Waals surface area contributed by atoms with Gasteiger partial charge in [-0.05, 0) is 60.9 Å². The lowest BCUT2D eigenvalue weighted by Gasteiger charge is -2.10. The average molecular weight is 382 g/mol. The molecule has 0 fully saturated rings. The fourth-order valence-corrected chi connectivity index (χ4v) is 2.99. The third kappa shape index (κ3) is 4.57. The second-order valence-electron chi connectivity index (χ2n) is 7.18. The molecule has 3 aromatic rings. The molecule has 0 saturated heterocycles. The van der Waals surface area contributed by atoms with Crippen molar-refractivity contribution >= 4 is 5.97 Å². The van der Waals surface area contributed by atoms with Crippen LogP contribution in [0.15, 0.2) is 48.5 Å². The summed E-state index contributed by atoms with van der Waals surface area (Å²) in [6, 6.07) is 13.8. The zero-order valence-corrected chi connectivity index (χ0v) is 16.1. The van der Waals surface area contributed by atoms with E-state index in [1.54, 1.807) is 18.2 Å². The van der Waals surface area contributed by atoms with E-state index in [4.69, 9.17) is 14.9 Å². The summed E-state index contributed by atoms with van der Waals surface area (Å²) in [5.41, 5.74) is 4.09. The van der Waals surface area contributed by atoms with Crippen LogP contribution in [0.25, 0.3) is 22.5 Å². The predicted molar refractivity (Wildman–Crippen MR) is 106 cm³/mol. The normalized spacial score (nSPS) is 11.0. The van der Waals surface area contributed by atoms with Gasteiger partial charge in [0, 0.05) is 17.7 Å². The maximum absolute atomic E-state index is 13.3. The molecule has 0 radical (unpaired) electrons. The lowest BCUT2D eigenvalue weighted by Crippen LogP contribution is -2.10. The highest BCUT2D eigenvalue weighted by atomic mass is 19.1. The molecule has 0 aliphatic rings. The Morgan fingerprint density at radius 2 is 1.89 bits per heavy atom. The average Bonchev–Trinajstić information content (AvgIpc) is 3.03. The minimum Gasteiger partial charge on any atom is -0.481 e. The standard InChI is InChI=1S/C22H23FN2O3/c1-14(2)12-25-20(16-5-7-17(23)8-6-16)11-19(24-25)18-9-4-15(3)10-21(18)28-13-22(26)27/h4-11,14H,12-13H2,1-3H3,(H,26,27). The molecule has 0 unspecified atom stereocenters. The van der Waals surface area contributed by atoms with Gasteiger partial charge in [0.1, 0.15) is 11.6 Å². The summed E-state index contributed by atoms with van der Waals surface area (Å²) in [7, 11) is 0. The first-order chi connectivity index (χ1) is 13.3. The Morgan fingerprint density at radius 3 is 2.54 bits per heavy atom. The maximum atomic E-state index is 13.3. The number of hydrogen-bond acceptors (Lipinski definition) is 3. The molecule has 0 aliphatic heterocycles. The van der Waals surface area contributed by atoms with Crippen molar-refractivity contribution in [2.45, 2.75) is 27.3 Å². The summed E-state index contributed by atoms with van der Waals surface area (Å²) in [6.07, 6.45) is 0. The Balaban J connectivity index is 2.07.